The Morgan fingerprint density at radius 2 is 1.33 bits per heavy atom. The second-order valence-corrected chi connectivity index (χ2v) is 13.5. The minimum Gasteiger partial charge on any atom is -0.387 e. The van der Waals surface area contributed by atoms with Crippen molar-refractivity contribution in [2.24, 2.45) is 0 Å². The van der Waals surface area contributed by atoms with Crippen molar-refractivity contribution in [3.05, 3.63) is 25.3 Å². The third-order valence-corrected chi connectivity index (χ3v) is 9.49. The number of aliphatic hydroxyl groups is 2. The minimum absolute atomic E-state index is 0.0386. The first kappa shape index (κ1) is 30.4. The number of hydrogen-bond donors (Lipinski definition) is 6. The first-order valence-corrected chi connectivity index (χ1v) is 16.4. The maximum Gasteiger partial charge on any atom is 0.472 e. The number of fused-ring (bicyclic) bond motifs is 5. The Bertz CT molecular complexity index is 1840. The summed E-state index contributed by atoms with van der Waals surface area (Å²) in [4.78, 5) is 45.5. The maximum atomic E-state index is 13.2. The van der Waals surface area contributed by atoms with E-state index in [1.54, 1.807) is 0 Å². The van der Waals surface area contributed by atoms with E-state index in [0.29, 0.717) is 0 Å². The fourth-order valence-electron chi connectivity index (χ4n) is 5.35. The van der Waals surface area contributed by atoms with Gasteiger partial charge >= 0.3 is 15.4 Å². The summed E-state index contributed by atoms with van der Waals surface area (Å²) in [6, 6.07) is 0. The van der Waals surface area contributed by atoms with Gasteiger partial charge in [0, 0.05) is 0 Å². The molecule has 3 fully saturated rings. The minimum atomic E-state index is -5.03. The molecule has 2 bridgehead atoms. The Morgan fingerprint density at radius 3 is 1.98 bits per heavy atom. The third-order valence-electron chi connectivity index (χ3n) is 7.47. The van der Waals surface area contributed by atoms with E-state index < -0.39 is 84.1 Å². The van der Waals surface area contributed by atoms with Gasteiger partial charge in [-0.25, -0.2) is 34.5 Å². The molecule has 242 valence electrons. The summed E-state index contributed by atoms with van der Waals surface area (Å²) >= 11 is 0. The van der Waals surface area contributed by atoms with Crippen LogP contribution in [0.25, 0.3) is 22.3 Å². The molecule has 3 aliphatic rings. The smallest absolute Gasteiger partial charge is 0.387 e. The lowest BCUT2D eigenvalue weighted by Gasteiger charge is -2.26. The van der Waals surface area contributed by atoms with Crippen molar-refractivity contribution in [3.63, 3.8) is 0 Å². The number of ether oxygens (including phenoxy) is 3. The van der Waals surface area contributed by atoms with Crippen molar-refractivity contribution in [2.75, 3.05) is 31.0 Å². The van der Waals surface area contributed by atoms with E-state index in [9.17, 15) is 29.1 Å². The molecular weight excluding hydrogens is 646 g/mol. The molecule has 22 nitrogen and oxygen atoms in total. The van der Waals surface area contributed by atoms with Gasteiger partial charge in [-0.1, -0.05) is 0 Å². The van der Waals surface area contributed by atoms with E-state index in [1.807, 2.05) is 0 Å². The summed E-state index contributed by atoms with van der Waals surface area (Å²) in [5.41, 5.74) is 12.5. The van der Waals surface area contributed by atoms with Crippen LogP contribution in [0, 0.1) is 0 Å². The summed E-state index contributed by atoms with van der Waals surface area (Å²) in [6.45, 7) is -1.39. The Kier molecular flexibility index (Phi) is 7.59. The lowest BCUT2D eigenvalue weighted by molar-refractivity contribution is -0.0633. The van der Waals surface area contributed by atoms with Crippen LogP contribution in [-0.4, -0.2) is 115 Å². The zero-order chi connectivity index (χ0) is 31.7. The molecule has 0 amide bonds. The molecule has 4 aromatic heterocycles. The lowest BCUT2D eigenvalue weighted by Crippen LogP contribution is -2.38. The summed E-state index contributed by atoms with van der Waals surface area (Å²) in [7, 11) is -9.58. The maximum absolute atomic E-state index is 13.2. The monoisotopic (exact) mass is 672 g/mol. The molecule has 7 heterocycles. The molecule has 3 saturated heterocycles. The Hall–Kier alpha value is -3.24. The summed E-state index contributed by atoms with van der Waals surface area (Å²) in [5, 5.41) is 22.2. The largest absolute Gasteiger partial charge is 0.472 e. The van der Waals surface area contributed by atoms with Gasteiger partial charge in [0.1, 0.15) is 66.7 Å². The van der Waals surface area contributed by atoms with E-state index in [-0.39, 0.29) is 34.0 Å². The second kappa shape index (κ2) is 11.2. The molecule has 10 atom stereocenters. The first-order valence-electron chi connectivity index (χ1n) is 13.2. The molecule has 0 aromatic carbocycles. The Labute approximate surface area is 251 Å². The van der Waals surface area contributed by atoms with Crippen molar-refractivity contribution in [1.82, 2.24) is 39.0 Å². The molecule has 8 N–H and O–H groups in total. The van der Waals surface area contributed by atoms with Gasteiger partial charge in [-0.3, -0.25) is 22.7 Å². The average molecular weight is 672 g/mol. The number of aromatic nitrogens is 8. The van der Waals surface area contributed by atoms with Gasteiger partial charge < -0.3 is 50.2 Å². The number of imidazole rings is 2. The topological polar surface area (TPSA) is 310 Å². The number of nitrogens with two attached hydrogens (primary N) is 2. The quantitative estimate of drug-likeness (QED) is 0.131. The zero-order valence-corrected chi connectivity index (χ0v) is 24.5. The normalized spacial score (nSPS) is 38.0. The van der Waals surface area contributed by atoms with Crippen LogP contribution in [0.5, 0.6) is 0 Å². The van der Waals surface area contributed by atoms with Crippen molar-refractivity contribution in [2.45, 2.75) is 49.1 Å². The number of phosphoric ester groups is 1. The Balaban J connectivity index is 1.19. The molecule has 4 aromatic rings. The van der Waals surface area contributed by atoms with Gasteiger partial charge in [0.2, 0.25) is 0 Å². The van der Waals surface area contributed by atoms with Crippen LogP contribution in [0.4, 0.5) is 11.6 Å². The van der Waals surface area contributed by atoms with Crippen LogP contribution >= 0.6 is 15.4 Å². The third kappa shape index (κ3) is 5.47. The standard InChI is InChI=1S/C21H26N10O12P2/c22-16-10-18(26-3-24-16)30(5-28-10)20-13(33)14-9(42-20)2-40-45(36,37)43-15-12(32)8(1-39-44(34,35)7-38-14)41-21(15)31-6-29-11-17(23)25-4-27-19(11)31/h3-6,8-9,12-15,20-21,32-33H,1-2,7H2,(H,34,35)(H,36,37)(H2,22,24,26)(H2,23,25,27)/t8-,9-,12-,13+,14-,15-,20-,21-/m1/s1. The molecule has 3 aliphatic heterocycles. The van der Waals surface area contributed by atoms with Crippen LogP contribution in [0.3, 0.4) is 0 Å². The van der Waals surface area contributed by atoms with E-state index in [4.69, 9.17) is 39.2 Å². The van der Waals surface area contributed by atoms with Crippen molar-refractivity contribution in [3.8, 4) is 0 Å². The predicted molar refractivity (Wildman–Crippen MR) is 145 cm³/mol. The number of nitrogens with zero attached hydrogens (tertiary/aromatic N) is 8. The number of rotatable bonds is 2. The Morgan fingerprint density at radius 1 is 0.756 bits per heavy atom. The number of nitrogen functional groups attached to an aromatic ring is 2. The highest BCUT2D eigenvalue weighted by atomic mass is 31.2. The molecule has 0 saturated carbocycles. The SMILES string of the molecule is Nc1ncnc2c1ncn2[C@@H]1O[C@@H]2COP(=O)(O)O[C@@H]3[C@H](O)[C@@H](COP(=O)(O)CO[C@H]2[C@@H]1O)O[C@H]3n1cnc2c(N)ncnc21. The molecule has 7 rings (SSSR count). The number of anilines is 2. The van der Waals surface area contributed by atoms with E-state index in [1.165, 1.54) is 28.1 Å². The summed E-state index contributed by atoms with van der Waals surface area (Å²) in [5.74, 6) is 0.108. The molecule has 45 heavy (non-hydrogen) atoms. The first-order chi connectivity index (χ1) is 21.4. The molecule has 2 unspecified atom stereocenters. The summed E-state index contributed by atoms with van der Waals surface area (Å²) < 4.78 is 62.0. The van der Waals surface area contributed by atoms with Gasteiger partial charge in [-0.15, -0.1) is 0 Å². The van der Waals surface area contributed by atoms with Crippen LogP contribution < -0.4 is 11.5 Å². The number of phosphoric acid groups is 1. The van der Waals surface area contributed by atoms with Gasteiger partial charge in [0.05, 0.1) is 25.9 Å². The molecule has 0 radical (unpaired) electrons. The van der Waals surface area contributed by atoms with Crippen molar-refractivity contribution >= 4 is 49.4 Å². The van der Waals surface area contributed by atoms with Gasteiger partial charge in [-0.2, -0.15) is 0 Å². The highest BCUT2D eigenvalue weighted by Gasteiger charge is 2.52. The average Bonchev–Trinajstić information content (AvgIpc) is 3.75. The van der Waals surface area contributed by atoms with Gasteiger partial charge in [0.15, 0.2) is 35.4 Å². The van der Waals surface area contributed by atoms with E-state index in [0.717, 1.165) is 6.33 Å². The molecule has 24 heteroatoms. The second-order valence-electron chi connectivity index (χ2n) is 10.3. The summed E-state index contributed by atoms with van der Waals surface area (Å²) in [6.07, 6.45) is -7.55. The van der Waals surface area contributed by atoms with Crippen LogP contribution in [0.1, 0.15) is 12.5 Å². The fourth-order valence-corrected chi connectivity index (χ4v) is 7.10. The highest BCUT2D eigenvalue weighted by molar-refractivity contribution is 7.52. The molecular formula is C21H26N10O12P2. The van der Waals surface area contributed by atoms with Gasteiger partial charge in [-0.05, 0) is 0 Å². The van der Waals surface area contributed by atoms with Crippen molar-refractivity contribution < 1.29 is 56.9 Å². The highest BCUT2D eigenvalue weighted by Crippen LogP contribution is 2.52. The number of hydrogen-bond acceptors (Lipinski definition) is 18. The van der Waals surface area contributed by atoms with Crippen LogP contribution in [0.15, 0.2) is 25.3 Å². The predicted octanol–water partition coefficient (Wildman–Crippen LogP) is -1.59. The molecule has 0 spiro atoms. The van der Waals surface area contributed by atoms with Gasteiger partial charge in [0.25, 0.3) is 0 Å². The van der Waals surface area contributed by atoms with E-state index >= 15 is 0 Å². The van der Waals surface area contributed by atoms with Crippen molar-refractivity contribution in [1.29, 1.82) is 0 Å². The van der Waals surface area contributed by atoms with Crippen LogP contribution in [-0.2, 0) is 36.9 Å². The van der Waals surface area contributed by atoms with E-state index in [2.05, 4.69) is 29.9 Å². The fraction of sp³-hybridized carbons (Fsp3) is 0.524. The molecule has 0 aliphatic carbocycles. The lowest BCUT2D eigenvalue weighted by atomic mass is 10.1. The van der Waals surface area contributed by atoms with Crippen LogP contribution in [0.2, 0.25) is 0 Å². The number of aliphatic hydroxyl groups excluding tert-OH is 2. The zero-order valence-electron chi connectivity index (χ0n) is 22.7.